The molecule has 1 aliphatic heterocycles. The zero-order valence-electron chi connectivity index (χ0n) is 13.8. The van der Waals surface area contributed by atoms with Crippen LogP contribution in [0.1, 0.15) is 41.1 Å². The largest absolute Gasteiger partial charge is 0.374 e. The highest BCUT2D eigenvalue weighted by Crippen LogP contribution is 2.33. The molecule has 3 nitrogen and oxygen atoms in total. The molecule has 3 heteroatoms. The number of aryl methyl sites for hydroxylation is 3. The van der Waals surface area contributed by atoms with Gasteiger partial charge in [-0.25, -0.2) is 0 Å². The summed E-state index contributed by atoms with van der Waals surface area (Å²) in [6, 6.07) is 5.71. The molecule has 1 heterocycles. The van der Waals surface area contributed by atoms with Crippen molar-refractivity contribution in [3.05, 3.63) is 34.4 Å². The third-order valence-corrected chi connectivity index (χ3v) is 4.82. The van der Waals surface area contributed by atoms with Crippen LogP contribution in [0, 0.1) is 20.8 Å². The molecule has 1 saturated heterocycles. The lowest BCUT2D eigenvalue weighted by molar-refractivity contribution is -0.0618. The Bertz CT molecular complexity index is 487. The van der Waals surface area contributed by atoms with Crippen LogP contribution in [0.2, 0.25) is 0 Å². The van der Waals surface area contributed by atoms with Crippen LogP contribution in [0.25, 0.3) is 0 Å². The van der Waals surface area contributed by atoms with E-state index in [2.05, 4.69) is 50.2 Å². The van der Waals surface area contributed by atoms with Crippen molar-refractivity contribution in [1.29, 1.82) is 0 Å². The number of morpholine rings is 1. The monoisotopic (exact) mass is 288 g/mol. The van der Waals surface area contributed by atoms with Gasteiger partial charge in [-0.1, -0.05) is 17.7 Å². The lowest BCUT2D eigenvalue weighted by atomic mass is 9.89. The van der Waals surface area contributed by atoms with Crippen LogP contribution in [0.3, 0.4) is 0 Å². The molecule has 1 aliphatic carbocycles. The fourth-order valence-corrected chi connectivity index (χ4v) is 3.67. The highest BCUT2D eigenvalue weighted by Gasteiger charge is 2.34. The van der Waals surface area contributed by atoms with E-state index in [1.165, 1.54) is 35.1 Å². The van der Waals surface area contributed by atoms with Crippen molar-refractivity contribution in [1.82, 2.24) is 10.2 Å². The van der Waals surface area contributed by atoms with Gasteiger partial charge in [-0.3, -0.25) is 4.90 Å². The molecular weight excluding hydrogens is 260 g/mol. The van der Waals surface area contributed by atoms with Crippen LogP contribution in [0.4, 0.5) is 0 Å². The summed E-state index contributed by atoms with van der Waals surface area (Å²) >= 11 is 0. The molecule has 2 fully saturated rings. The van der Waals surface area contributed by atoms with E-state index in [4.69, 9.17) is 4.74 Å². The summed E-state index contributed by atoms with van der Waals surface area (Å²) in [4.78, 5) is 2.47. The second-order valence-corrected chi connectivity index (χ2v) is 6.83. The summed E-state index contributed by atoms with van der Waals surface area (Å²) in [5, 5.41) is 3.65. The van der Waals surface area contributed by atoms with E-state index in [1.807, 2.05) is 0 Å². The quantitative estimate of drug-likeness (QED) is 0.922. The van der Waals surface area contributed by atoms with E-state index in [9.17, 15) is 0 Å². The minimum absolute atomic E-state index is 0.254. The predicted octanol–water partition coefficient (Wildman–Crippen LogP) is 2.74. The first kappa shape index (κ1) is 15.0. The number of ether oxygens (including phenoxy) is 1. The van der Waals surface area contributed by atoms with Crippen LogP contribution in [0.15, 0.2) is 12.1 Å². The minimum atomic E-state index is 0.254. The molecule has 0 radical (unpaired) electrons. The maximum absolute atomic E-state index is 6.13. The van der Waals surface area contributed by atoms with Gasteiger partial charge in [0.1, 0.15) is 0 Å². The molecule has 1 aromatic carbocycles. The Labute approximate surface area is 128 Å². The smallest absolute Gasteiger partial charge is 0.0896 e. The number of benzene rings is 1. The zero-order chi connectivity index (χ0) is 15.0. The Morgan fingerprint density at radius 3 is 2.48 bits per heavy atom. The summed E-state index contributed by atoms with van der Waals surface area (Å²) in [5.74, 6) is 0. The predicted molar refractivity (Wildman–Crippen MR) is 86.8 cm³/mol. The highest BCUT2D eigenvalue weighted by molar-refractivity contribution is 5.40. The van der Waals surface area contributed by atoms with Crippen molar-refractivity contribution in [2.45, 2.75) is 51.8 Å². The summed E-state index contributed by atoms with van der Waals surface area (Å²) in [6.45, 7) is 9.47. The van der Waals surface area contributed by atoms with Crippen molar-refractivity contribution < 1.29 is 4.74 Å². The van der Waals surface area contributed by atoms with E-state index >= 15 is 0 Å². The van der Waals surface area contributed by atoms with Gasteiger partial charge < -0.3 is 10.1 Å². The van der Waals surface area contributed by atoms with Crippen molar-refractivity contribution in [3.8, 4) is 0 Å². The van der Waals surface area contributed by atoms with Gasteiger partial charge in [-0.2, -0.15) is 0 Å². The lowest BCUT2D eigenvalue weighted by Crippen LogP contribution is -2.48. The fourth-order valence-electron chi connectivity index (χ4n) is 3.67. The van der Waals surface area contributed by atoms with Gasteiger partial charge in [0.15, 0.2) is 0 Å². The molecule has 0 amide bonds. The number of nitrogens with one attached hydrogen (secondary N) is 1. The van der Waals surface area contributed by atoms with E-state index in [-0.39, 0.29) is 6.10 Å². The minimum Gasteiger partial charge on any atom is -0.374 e. The molecule has 1 saturated carbocycles. The molecule has 1 N–H and O–H groups in total. The Morgan fingerprint density at radius 2 is 1.86 bits per heavy atom. The fraction of sp³-hybridized carbons (Fsp3) is 0.667. The van der Waals surface area contributed by atoms with Crippen LogP contribution < -0.4 is 5.32 Å². The SMILES string of the molecule is Cc1cc(C)c(C2C(CNC3CC3)OCCN2C)c(C)c1. The Balaban J connectivity index is 1.87. The molecule has 3 rings (SSSR count). The second kappa shape index (κ2) is 6.07. The van der Waals surface area contributed by atoms with Crippen LogP contribution in [-0.2, 0) is 4.74 Å². The maximum Gasteiger partial charge on any atom is 0.0896 e. The molecule has 0 bridgehead atoms. The topological polar surface area (TPSA) is 24.5 Å². The van der Waals surface area contributed by atoms with Gasteiger partial charge in [0, 0.05) is 19.1 Å². The van der Waals surface area contributed by atoms with Gasteiger partial charge in [0.05, 0.1) is 18.8 Å². The standard InChI is InChI=1S/C18H28N2O/c1-12-9-13(2)17(14(3)10-12)18-16(11-19-15-5-6-15)21-8-7-20(18)4/h9-10,15-16,18-19H,5-8,11H2,1-4H3. The lowest BCUT2D eigenvalue weighted by Gasteiger charge is -2.41. The van der Waals surface area contributed by atoms with Gasteiger partial charge in [-0.15, -0.1) is 0 Å². The third kappa shape index (κ3) is 3.31. The first-order chi connectivity index (χ1) is 10.1. The van der Waals surface area contributed by atoms with E-state index < -0.39 is 0 Å². The first-order valence-corrected chi connectivity index (χ1v) is 8.19. The molecule has 0 aromatic heterocycles. The summed E-state index contributed by atoms with van der Waals surface area (Å²) < 4.78 is 6.13. The van der Waals surface area contributed by atoms with Crippen LogP contribution >= 0.6 is 0 Å². The maximum atomic E-state index is 6.13. The molecule has 0 spiro atoms. The molecular formula is C18H28N2O. The number of hydrogen-bond acceptors (Lipinski definition) is 3. The van der Waals surface area contributed by atoms with E-state index in [1.54, 1.807) is 0 Å². The van der Waals surface area contributed by atoms with Gasteiger partial charge >= 0.3 is 0 Å². The Kier molecular flexibility index (Phi) is 4.34. The first-order valence-electron chi connectivity index (χ1n) is 8.19. The number of hydrogen-bond donors (Lipinski definition) is 1. The summed E-state index contributed by atoms with van der Waals surface area (Å²) in [7, 11) is 2.23. The van der Waals surface area contributed by atoms with Crippen molar-refractivity contribution in [2.75, 3.05) is 26.7 Å². The van der Waals surface area contributed by atoms with Crippen LogP contribution in [0.5, 0.6) is 0 Å². The number of likely N-dealkylation sites (N-methyl/N-ethyl adjacent to an activating group) is 1. The average molecular weight is 288 g/mol. The van der Waals surface area contributed by atoms with Crippen molar-refractivity contribution >= 4 is 0 Å². The Morgan fingerprint density at radius 1 is 1.19 bits per heavy atom. The zero-order valence-corrected chi connectivity index (χ0v) is 13.8. The molecule has 1 aromatic rings. The van der Waals surface area contributed by atoms with E-state index in [0.29, 0.717) is 6.04 Å². The van der Waals surface area contributed by atoms with Gasteiger partial charge in [-0.05, 0) is 57.4 Å². The van der Waals surface area contributed by atoms with Crippen LogP contribution in [-0.4, -0.2) is 43.8 Å². The second-order valence-electron chi connectivity index (χ2n) is 6.83. The highest BCUT2D eigenvalue weighted by atomic mass is 16.5. The molecule has 21 heavy (non-hydrogen) atoms. The number of nitrogens with zero attached hydrogens (tertiary/aromatic N) is 1. The summed E-state index contributed by atoms with van der Waals surface area (Å²) in [5.41, 5.74) is 5.60. The van der Waals surface area contributed by atoms with Gasteiger partial charge in [0.2, 0.25) is 0 Å². The van der Waals surface area contributed by atoms with Gasteiger partial charge in [0.25, 0.3) is 0 Å². The average Bonchev–Trinajstić information content (AvgIpc) is 3.21. The van der Waals surface area contributed by atoms with Crippen molar-refractivity contribution in [3.63, 3.8) is 0 Å². The molecule has 2 unspecified atom stereocenters. The third-order valence-electron chi connectivity index (χ3n) is 4.82. The normalized spacial score (nSPS) is 27.0. The molecule has 2 aliphatic rings. The van der Waals surface area contributed by atoms with E-state index in [0.717, 1.165) is 25.7 Å². The number of rotatable bonds is 4. The van der Waals surface area contributed by atoms with Crippen molar-refractivity contribution in [2.24, 2.45) is 0 Å². The summed E-state index contributed by atoms with van der Waals surface area (Å²) in [6.07, 6.45) is 2.91. The Hall–Kier alpha value is -0.900. The molecule has 2 atom stereocenters. The molecule has 116 valence electrons.